The first-order valence-corrected chi connectivity index (χ1v) is 8.40. The Bertz CT molecular complexity index is 904. The van der Waals surface area contributed by atoms with Gasteiger partial charge in [0.1, 0.15) is 0 Å². The lowest BCUT2D eigenvalue weighted by molar-refractivity contribution is 0.695. The van der Waals surface area contributed by atoms with Gasteiger partial charge in [-0.15, -0.1) is 0 Å². The van der Waals surface area contributed by atoms with E-state index in [4.69, 9.17) is 9.98 Å². The Morgan fingerprint density at radius 2 is 1.75 bits per heavy atom. The Morgan fingerprint density at radius 1 is 0.958 bits per heavy atom. The highest BCUT2D eigenvalue weighted by Gasteiger charge is 2.37. The lowest BCUT2D eigenvalue weighted by Crippen LogP contribution is -2.28. The van der Waals surface area contributed by atoms with Crippen molar-refractivity contribution in [3.8, 4) is 0 Å². The molecule has 0 amide bonds. The fourth-order valence-electron chi connectivity index (χ4n) is 3.46. The van der Waals surface area contributed by atoms with Crippen LogP contribution in [0, 0.1) is 0 Å². The second-order valence-electron chi connectivity index (χ2n) is 7.73. The van der Waals surface area contributed by atoms with Crippen LogP contribution in [0.15, 0.2) is 40.4 Å². The quantitative estimate of drug-likeness (QED) is 0.820. The van der Waals surface area contributed by atoms with Crippen molar-refractivity contribution >= 4 is 22.9 Å². The minimum atomic E-state index is -0.105. The van der Waals surface area contributed by atoms with Crippen molar-refractivity contribution in [2.24, 2.45) is 9.98 Å². The summed E-state index contributed by atoms with van der Waals surface area (Å²) in [6.45, 7) is 10.9. The number of hydrogen-bond acceptors (Lipinski definition) is 4. The Kier molecular flexibility index (Phi) is 3.05. The number of fused-ring (bicyclic) bond motifs is 2. The molecule has 0 fully saturated rings. The molecule has 0 spiro atoms. The third-order valence-electron chi connectivity index (χ3n) is 5.49. The molecule has 0 saturated carbocycles. The van der Waals surface area contributed by atoms with Crippen LogP contribution in [0.5, 0.6) is 0 Å². The minimum Gasteiger partial charge on any atom is -0.255 e. The Balaban J connectivity index is 1.69. The van der Waals surface area contributed by atoms with E-state index in [0.717, 1.165) is 40.7 Å². The van der Waals surface area contributed by atoms with Crippen LogP contribution < -0.4 is 0 Å². The summed E-state index contributed by atoms with van der Waals surface area (Å²) in [7, 11) is 0. The monoisotopic (exact) mass is 318 g/mol. The van der Waals surface area contributed by atoms with Gasteiger partial charge >= 0.3 is 0 Å². The highest BCUT2D eigenvalue weighted by atomic mass is 15.0. The molecule has 4 heteroatoms. The maximum atomic E-state index is 4.93. The summed E-state index contributed by atoms with van der Waals surface area (Å²) in [5.74, 6) is 0.846. The molecule has 0 unspecified atom stereocenters. The smallest absolute Gasteiger partial charge is 0.155 e. The van der Waals surface area contributed by atoms with Crippen molar-refractivity contribution in [1.29, 1.82) is 0 Å². The number of nitrogens with zero attached hydrogens (tertiary/aromatic N) is 4. The number of aromatic nitrogens is 2. The van der Waals surface area contributed by atoms with E-state index in [1.807, 2.05) is 6.07 Å². The van der Waals surface area contributed by atoms with Crippen LogP contribution in [-0.4, -0.2) is 21.4 Å². The van der Waals surface area contributed by atoms with Crippen LogP contribution in [0.2, 0.25) is 0 Å². The lowest BCUT2D eigenvalue weighted by atomic mass is 9.80. The number of hydrogen-bond donors (Lipinski definition) is 0. The van der Waals surface area contributed by atoms with E-state index in [9.17, 15) is 0 Å². The molecule has 0 saturated heterocycles. The van der Waals surface area contributed by atoms with E-state index >= 15 is 0 Å². The normalized spacial score (nSPS) is 19.5. The maximum Gasteiger partial charge on any atom is 0.155 e. The molecule has 2 aromatic heterocycles. The molecule has 4 nitrogen and oxygen atoms in total. The van der Waals surface area contributed by atoms with E-state index in [0.29, 0.717) is 0 Å². The van der Waals surface area contributed by atoms with Gasteiger partial charge in [-0.25, -0.2) is 9.98 Å². The molecular weight excluding hydrogens is 296 g/mol. The molecule has 0 bridgehead atoms. The zero-order chi connectivity index (χ0) is 17.1. The second-order valence-corrected chi connectivity index (χ2v) is 7.73. The standard InChI is InChI=1S/C20H22N4/c1-12-19(2,3)17-15(22-12)9-8-13(23-17)11-16-20(4,5)14-7-6-10-21-18(14)24-16/h6-10H,11H2,1-5H3. The van der Waals surface area contributed by atoms with Crippen LogP contribution in [0.3, 0.4) is 0 Å². The highest BCUT2D eigenvalue weighted by Crippen LogP contribution is 2.41. The Morgan fingerprint density at radius 3 is 2.50 bits per heavy atom. The van der Waals surface area contributed by atoms with Gasteiger partial charge in [0, 0.05) is 46.1 Å². The molecule has 0 atom stereocenters. The average molecular weight is 318 g/mol. The summed E-state index contributed by atoms with van der Waals surface area (Å²) in [5.41, 5.74) is 6.36. The van der Waals surface area contributed by atoms with Crippen LogP contribution in [0.25, 0.3) is 0 Å². The number of pyridine rings is 2. The lowest BCUT2D eigenvalue weighted by Gasteiger charge is -2.23. The van der Waals surface area contributed by atoms with Crippen molar-refractivity contribution < 1.29 is 0 Å². The van der Waals surface area contributed by atoms with E-state index in [-0.39, 0.29) is 10.8 Å². The fourth-order valence-corrected chi connectivity index (χ4v) is 3.46. The minimum absolute atomic E-state index is 0.0944. The van der Waals surface area contributed by atoms with Gasteiger partial charge < -0.3 is 0 Å². The maximum absolute atomic E-state index is 4.93. The Labute approximate surface area is 142 Å². The van der Waals surface area contributed by atoms with Gasteiger partial charge in [0.25, 0.3) is 0 Å². The summed E-state index contributed by atoms with van der Waals surface area (Å²) in [6.07, 6.45) is 2.55. The fraction of sp³-hybridized carbons (Fsp3) is 0.400. The van der Waals surface area contributed by atoms with Gasteiger partial charge in [0.15, 0.2) is 5.82 Å². The third kappa shape index (κ3) is 2.05. The average Bonchev–Trinajstić information content (AvgIpc) is 2.92. The third-order valence-corrected chi connectivity index (χ3v) is 5.49. The predicted molar refractivity (Wildman–Crippen MR) is 98.1 cm³/mol. The molecule has 2 aliphatic heterocycles. The van der Waals surface area contributed by atoms with Gasteiger partial charge in [-0.1, -0.05) is 19.9 Å². The Hall–Kier alpha value is -2.36. The van der Waals surface area contributed by atoms with E-state index in [1.165, 1.54) is 5.56 Å². The zero-order valence-corrected chi connectivity index (χ0v) is 14.9. The SMILES string of the molecule is CC1=Nc2ccc(CC3=Nc4ncccc4C3(C)C)nc2C1(C)C. The van der Waals surface area contributed by atoms with Crippen molar-refractivity contribution in [2.75, 3.05) is 0 Å². The van der Waals surface area contributed by atoms with Crippen molar-refractivity contribution in [1.82, 2.24) is 9.97 Å². The van der Waals surface area contributed by atoms with Crippen LogP contribution >= 0.6 is 0 Å². The first-order chi connectivity index (χ1) is 11.3. The van der Waals surface area contributed by atoms with Gasteiger partial charge in [0.2, 0.25) is 0 Å². The van der Waals surface area contributed by atoms with Crippen LogP contribution in [0.1, 0.15) is 51.6 Å². The van der Waals surface area contributed by atoms with Crippen molar-refractivity contribution in [3.05, 3.63) is 47.4 Å². The molecule has 0 aliphatic carbocycles. The predicted octanol–water partition coefficient (Wildman–Crippen LogP) is 4.47. The molecular formula is C20H22N4. The molecule has 122 valence electrons. The molecule has 0 radical (unpaired) electrons. The number of rotatable bonds is 2. The largest absolute Gasteiger partial charge is 0.255 e. The molecule has 4 rings (SSSR count). The van der Waals surface area contributed by atoms with Crippen molar-refractivity contribution in [2.45, 2.75) is 51.9 Å². The van der Waals surface area contributed by atoms with Gasteiger partial charge in [-0.3, -0.25) is 9.98 Å². The molecule has 0 aromatic carbocycles. The van der Waals surface area contributed by atoms with E-state index < -0.39 is 0 Å². The van der Waals surface area contributed by atoms with Gasteiger partial charge in [-0.05, 0) is 39.0 Å². The topological polar surface area (TPSA) is 50.5 Å². The molecule has 24 heavy (non-hydrogen) atoms. The van der Waals surface area contributed by atoms with Gasteiger partial charge in [-0.2, -0.15) is 0 Å². The highest BCUT2D eigenvalue weighted by molar-refractivity contribution is 6.02. The summed E-state index contributed by atoms with van der Waals surface area (Å²) in [4.78, 5) is 18.8. The summed E-state index contributed by atoms with van der Waals surface area (Å²) in [6, 6.07) is 8.26. The molecule has 2 aromatic rings. The first-order valence-electron chi connectivity index (χ1n) is 8.40. The molecule has 0 N–H and O–H groups in total. The number of aliphatic imine (C=N–C) groups is 2. The van der Waals surface area contributed by atoms with E-state index in [1.54, 1.807) is 6.20 Å². The van der Waals surface area contributed by atoms with Crippen molar-refractivity contribution in [3.63, 3.8) is 0 Å². The molecule has 2 aliphatic rings. The first kappa shape index (κ1) is 15.2. The second kappa shape index (κ2) is 4.82. The summed E-state index contributed by atoms with van der Waals surface area (Å²) >= 11 is 0. The summed E-state index contributed by atoms with van der Waals surface area (Å²) in [5, 5.41) is 0. The van der Waals surface area contributed by atoms with Crippen LogP contribution in [-0.2, 0) is 17.3 Å². The summed E-state index contributed by atoms with van der Waals surface area (Å²) < 4.78 is 0. The van der Waals surface area contributed by atoms with E-state index in [2.05, 4.69) is 62.8 Å². The molecule has 4 heterocycles. The van der Waals surface area contributed by atoms with Crippen LogP contribution in [0.4, 0.5) is 11.5 Å². The van der Waals surface area contributed by atoms with Gasteiger partial charge in [0.05, 0.1) is 11.4 Å². The zero-order valence-electron chi connectivity index (χ0n) is 14.9.